The third-order valence-electron chi connectivity index (χ3n) is 4.37. The lowest BCUT2D eigenvalue weighted by Crippen LogP contribution is -2.27. The highest BCUT2D eigenvalue weighted by Gasteiger charge is 2.26. The molecule has 0 bridgehead atoms. The molecule has 0 atom stereocenters. The van der Waals surface area contributed by atoms with Gasteiger partial charge in [0.05, 0.1) is 5.69 Å². The zero-order valence-corrected chi connectivity index (χ0v) is 12.5. The highest BCUT2D eigenvalue weighted by molar-refractivity contribution is 5.92. The largest absolute Gasteiger partial charge is 0.323 e. The number of carbonyl (C=O) groups is 1. The molecule has 1 aliphatic carbocycles. The molecule has 1 fully saturated rings. The molecule has 0 spiro atoms. The van der Waals surface area contributed by atoms with Gasteiger partial charge in [-0.1, -0.05) is 26.2 Å². The van der Waals surface area contributed by atoms with E-state index in [1.807, 2.05) is 0 Å². The van der Waals surface area contributed by atoms with E-state index in [0.29, 0.717) is 0 Å². The summed E-state index contributed by atoms with van der Waals surface area (Å²) in [5, 5.41) is 2.58. The van der Waals surface area contributed by atoms with Crippen molar-refractivity contribution in [3.63, 3.8) is 0 Å². The van der Waals surface area contributed by atoms with Gasteiger partial charge in [-0.25, -0.2) is 8.78 Å². The van der Waals surface area contributed by atoms with Crippen LogP contribution in [0.4, 0.5) is 14.5 Å². The predicted octanol–water partition coefficient (Wildman–Crippen LogP) is 4.90. The minimum atomic E-state index is -0.722. The molecule has 0 heterocycles. The zero-order chi connectivity index (χ0) is 15.2. The summed E-state index contributed by atoms with van der Waals surface area (Å²) in [5.74, 6) is -0.819. The van der Waals surface area contributed by atoms with Crippen LogP contribution in [0.2, 0.25) is 0 Å². The number of unbranched alkanes of at least 4 members (excludes halogenated alkanes) is 1. The van der Waals surface area contributed by atoms with Crippen LogP contribution in [-0.2, 0) is 4.79 Å². The number of halogens is 2. The highest BCUT2D eigenvalue weighted by Crippen LogP contribution is 2.32. The predicted molar refractivity (Wildman–Crippen MR) is 80.0 cm³/mol. The number of benzene rings is 1. The van der Waals surface area contributed by atoms with Crippen molar-refractivity contribution in [2.45, 2.75) is 51.9 Å². The topological polar surface area (TPSA) is 29.1 Å². The Kier molecular flexibility index (Phi) is 5.71. The van der Waals surface area contributed by atoms with Gasteiger partial charge in [0.15, 0.2) is 0 Å². The van der Waals surface area contributed by atoms with Gasteiger partial charge < -0.3 is 5.32 Å². The summed E-state index contributed by atoms with van der Waals surface area (Å²) < 4.78 is 26.4. The Morgan fingerprint density at radius 2 is 1.95 bits per heavy atom. The molecule has 0 aliphatic heterocycles. The smallest absolute Gasteiger partial charge is 0.227 e. The van der Waals surface area contributed by atoms with E-state index in [9.17, 15) is 13.6 Å². The lowest BCUT2D eigenvalue weighted by molar-refractivity contribution is -0.121. The average molecular weight is 295 g/mol. The molecular formula is C17H23F2NO. The van der Waals surface area contributed by atoms with Gasteiger partial charge in [-0.2, -0.15) is 0 Å². The second kappa shape index (κ2) is 7.53. The summed E-state index contributed by atoms with van der Waals surface area (Å²) in [6, 6.07) is 3.22. The first-order chi connectivity index (χ1) is 10.1. The van der Waals surface area contributed by atoms with Crippen molar-refractivity contribution >= 4 is 11.6 Å². The first-order valence-electron chi connectivity index (χ1n) is 7.86. The molecule has 21 heavy (non-hydrogen) atoms. The van der Waals surface area contributed by atoms with Crippen LogP contribution in [0.25, 0.3) is 0 Å². The van der Waals surface area contributed by atoms with Crippen LogP contribution in [0.1, 0.15) is 51.9 Å². The highest BCUT2D eigenvalue weighted by atomic mass is 19.1. The Morgan fingerprint density at radius 3 is 2.57 bits per heavy atom. The summed E-state index contributed by atoms with van der Waals surface area (Å²) >= 11 is 0. The summed E-state index contributed by atoms with van der Waals surface area (Å²) in [4.78, 5) is 12.2. The molecular weight excluding hydrogens is 272 g/mol. The van der Waals surface area contributed by atoms with Crippen LogP contribution < -0.4 is 5.32 Å². The van der Waals surface area contributed by atoms with E-state index >= 15 is 0 Å². The third-order valence-corrected chi connectivity index (χ3v) is 4.37. The van der Waals surface area contributed by atoms with Crippen molar-refractivity contribution in [3.05, 3.63) is 29.8 Å². The molecule has 1 saturated carbocycles. The van der Waals surface area contributed by atoms with E-state index in [-0.39, 0.29) is 17.5 Å². The zero-order valence-electron chi connectivity index (χ0n) is 12.5. The minimum Gasteiger partial charge on any atom is -0.323 e. The van der Waals surface area contributed by atoms with E-state index in [1.54, 1.807) is 0 Å². The molecule has 1 N–H and O–H groups in total. The van der Waals surface area contributed by atoms with Gasteiger partial charge in [0.1, 0.15) is 11.6 Å². The van der Waals surface area contributed by atoms with Crippen molar-refractivity contribution < 1.29 is 13.6 Å². The van der Waals surface area contributed by atoms with Crippen LogP contribution in [0, 0.1) is 23.5 Å². The molecule has 0 unspecified atom stereocenters. The fourth-order valence-electron chi connectivity index (χ4n) is 3.03. The number of rotatable bonds is 5. The van der Waals surface area contributed by atoms with Crippen molar-refractivity contribution in [3.8, 4) is 0 Å². The van der Waals surface area contributed by atoms with Gasteiger partial charge in [-0.05, 0) is 43.7 Å². The maximum atomic E-state index is 13.5. The van der Waals surface area contributed by atoms with E-state index in [1.165, 1.54) is 25.3 Å². The van der Waals surface area contributed by atoms with Gasteiger partial charge >= 0.3 is 0 Å². The normalized spacial score (nSPS) is 22.0. The summed E-state index contributed by atoms with van der Waals surface area (Å²) in [5.41, 5.74) is 0.0644. The van der Waals surface area contributed by atoms with Crippen molar-refractivity contribution in [2.24, 2.45) is 11.8 Å². The molecule has 0 aromatic heterocycles. The van der Waals surface area contributed by atoms with Gasteiger partial charge in [0, 0.05) is 12.0 Å². The fourth-order valence-corrected chi connectivity index (χ4v) is 3.03. The number of hydrogen-bond acceptors (Lipinski definition) is 1. The maximum absolute atomic E-state index is 13.5. The summed E-state index contributed by atoms with van der Waals surface area (Å²) in [6.45, 7) is 2.19. The van der Waals surface area contributed by atoms with E-state index in [0.717, 1.165) is 43.7 Å². The molecule has 116 valence electrons. The van der Waals surface area contributed by atoms with Crippen LogP contribution >= 0.6 is 0 Å². The first-order valence-corrected chi connectivity index (χ1v) is 7.86. The van der Waals surface area contributed by atoms with Crippen molar-refractivity contribution in [1.82, 2.24) is 0 Å². The lowest BCUT2D eigenvalue weighted by atomic mass is 9.79. The van der Waals surface area contributed by atoms with Crippen LogP contribution in [-0.4, -0.2) is 5.91 Å². The van der Waals surface area contributed by atoms with E-state index in [2.05, 4.69) is 12.2 Å². The lowest BCUT2D eigenvalue weighted by Gasteiger charge is -2.27. The fraction of sp³-hybridized carbons (Fsp3) is 0.588. The van der Waals surface area contributed by atoms with Crippen LogP contribution in [0.3, 0.4) is 0 Å². The van der Waals surface area contributed by atoms with E-state index < -0.39 is 11.6 Å². The molecule has 2 rings (SSSR count). The van der Waals surface area contributed by atoms with Gasteiger partial charge in [-0.15, -0.1) is 0 Å². The first kappa shape index (κ1) is 15.9. The minimum absolute atomic E-state index is 0.0488. The number of hydrogen-bond donors (Lipinski definition) is 1. The van der Waals surface area contributed by atoms with Gasteiger partial charge in [0.25, 0.3) is 0 Å². The third kappa shape index (κ3) is 4.51. The molecule has 1 aliphatic rings. The Balaban J connectivity index is 1.84. The average Bonchev–Trinajstić information content (AvgIpc) is 2.48. The maximum Gasteiger partial charge on any atom is 0.227 e. The Bertz CT molecular complexity index is 482. The second-order valence-corrected chi connectivity index (χ2v) is 5.97. The van der Waals surface area contributed by atoms with Crippen LogP contribution in [0.15, 0.2) is 18.2 Å². The molecule has 1 aromatic rings. The second-order valence-electron chi connectivity index (χ2n) is 5.97. The summed E-state index contributed by atoms with van der Waals surface area (Å²) in [6.07, 6.45) is 7.59. The molecule has 4 heteroatoms. The van der Waals surface area contributed by atoms with Gasteiger partial charge in [0.2, 0.25) is 5.91 Å². The number of amides is 1. The molecule has 0 radical (unpaired) electrons. The van der Waals surface area contributed by atoms with Crippen molar-refractivity contribution in [1.29, 1.82) is 0 Å². The van der Waals surface area contributed by atoms with Gasteiger partial charge in [-0.3, -0.25) is 4.79 Å². The molecule has 0 saturated heterocycles. The molecule has 2 nitrogen and oxygen atoms in total. The number of nitrogens with one attached hydrogen (secondary N) is 1. The van der Waals surface area contributed by atoms with E-state index in [4.69, 9.17) is 0 Å². The number of carbonyl (C=O) groups excluding carboxylic acids is 1. The standard InChI is InChI=1S/C17H23F2NO/c1-2-3-4-12-5-7-13(8-6-12)17(21)20-16-10-9-14(18)11-15(16)19/h9-13H,2-8H2,1H3,(H,20,21). The Morgan fingerprint density at radius 1 is 1.24 bits per heavy atom. The Labute approximate surface area is 124 Å². The quantitative estimate of drug-likeness (QED) is 0.822. The number of anilines is 1. The molecule has 1 aromatic carbocycles. The van der Waals surface area contributed by atoms with Crippen LogP contribution in [0.5, 0.6) is 0 Å². The monoisotopic (exact) mass is 295 g/mol. The van der Waals surface area contributed by atoms with Crippen molar-refractivity contribution in [2.75, 3.05) is 5.32 Å². The summed E-state index contributed by atoms with van der Waals surface area (Å²) in [7, 11) is 0. The SMILES string of the molecule is CCCCC1CCC(C(=O)Nc2ccc(F)cc2F)CC1. The Hall–Kier alpha value is -1.45. The molecule has 1 amide bonds.